The molecule has 9 heteroatoms. The number of anilines is 1. The third-order valence-electron chi connectivity index (χ3n) is 9.71. The smallest absolute Gasteiger partial charge is 0.244 e. The van der Waals surface area contributed by atoms with Gasteiger partial charge in [-0.1, -0.05) is 31.2 Å². The number of carbonyl (C=O) groups excluding carboxylic acids is 2. The Kier molecular flexibility index (Phi) is 8.88. The highest BCUT2D eigenvalue weighted by Gasteiger charge is 2.51. The molecule has 42 heavy (non-hydrogen) atoms. The van der Waals surface area contributed by atoms with Crippen molar-refractivity contribution in [1.29, 1.82) is 0 Å². The van der Waals surface area contributed by atoms with Crippen molar-refractivity contribution in [2.75, 3.05) is 30.8 Å². The lowest BCUT2D eigenvalue weighted by Gasteiger charge is -2.57. The van der Waals surface area contributed by atoms with Gasteiger partial charge in [0.1, 0.15) is 18.3 Å². The van der Waals surface area contributed by atoms with Gasteiger partial charge in [-0.05, 0) is 110 Å². The molecule has 0 spiro atoms. The van der Waals surface area contributed by atoms with E-state index in [1.165, 1.54) is 49.0 Å². The quantitative estimate of drug-likeness (QED) is 0.378. The number of hydrogen-bond acceptors (Lipinski definition) is 5. The van der Waals surface area contributed by atoms with Gasteiger partial charge in [0, 0.05) is 13.1 Å². The summed E-state index contributed by atoms with van der Waals surface area (Å²) in [6.45, 7) is 3.91. The average Bonchev–Trinajstić information content (AvgIpc) is 2.96. The molecule has 0 saturated heterocycles. The molecule has 4 saturated carbocycles. The number of nitrogens with one attached hydrogen (secondary N) is 1. The maximum absolute atomic E-state index is 13.8. The van der Waals surface area contributed by atoms with Crippen molar-refractivity contribution in [1.82, 2.24) is 10.2 Å². The first-order valence-corrected chi connectivity index (χ1v) is 17.1. The van der Waals surface area contributed by atoms with Crippen LogP contribution in [0.25, 0.3) is 0 Å². The predicted octanol–water partition coefficient (Wildman–Crippen LogP) is 4.87. The first-order valence-electron chi connectivity index (χ1n) is 15.3. The minimum atomic E-state index is -3.78. The van der Waals surface area contributed by atoms with Crippen LogP contribution in [0.15, 0.2) is 48.5 Å². The molecule has 1 atom stereocenters. The van der Waals surface area contributed by atoms with Crippen LogP contribution in [0.4, 0.5) is 5.69 Å². The van der Waals surface area contributed by atoms with E-state index in [2.05, 4.69) is 17.4 Å². The molecule has 0 aromatic heterocycles. The minimum absolute atomic E-state index is 0.159. The van der Waals surface area contributed by atoms with Gasteiger partial charge in [0.05, 0.1) is 19.1 Å². The second-order valence-electron chi connectivity index (χ2n) is 12.9. The van der Waals surface area contributed by atoms with Gasteiger partial charge >= 0.3 is 0 Å². The number of amides is 2. The van der Waals surface area contributed by atoms with Crippen molar-refractivity contribution in [2.24, 2.45) is 17.8 Å². The molecule has 0 unspecified atom stereocenters. The Hall–Kier alpha value is -3.07. The zero-order valence-electron chi connectivity index (χ0n) is 25.3. The first kappa shape index (κ1) is 30.4. The molecule has 6 rings (SSSR count). The summed E-state index contributed by atoms with van der Waals surface area (Å²) in [5.74, 6) is 2.41. The van der Waals surface area contributed by atoms with Crippen LogP contribution in [0.5, 0.6) is 5.75 Å². The van der Waals surface area contributed by atoms with Gasteiger partial charge < -0.3 is 15.0 Å². The average molecular weight is 596 g/mol. The monoisotopic (exact) mass is 595 g/mol. The molecule has 0 heterocycles. The van der Waals surface area contributed by atoms with Crippen LogP contribution in [-0.2, 0) is 31.6 Å². The highest BCUT2D eigenvalue weighted by molar-refractivity contribution is 7.92. The Morgan fingerprint density at radius 3 is 2.05 bits per heavy atom. The summed E-state index contributed by atoms with van der Waals surface area (Å²) in [5.41, 5.74) is 2.78. The lowest BCUT2D eigenvalue weighted by atomic mass is 9.48. The minimum Gasteiger partial charge on any atom is -0.497 e. The number of hydrogen-bond donors (Lipinski definition) is 1. The molecular formula is C33H45N3O5S. The Morgan fingerprint density at radius 1 is 0.976 bits per heavy atom. The zero-order chi connectivity index (χ0) is 30.1. The number of nitrogens with zero attached hydrogens (tertiary/aromatic N) is 2. The van der Waals surface area contributed by atoms with Gasteiger partial charge in [-0.15, -0.1) is 0 Å². The molecule has 8 nitrogen and oxygen atoms in total. The highest BCUT2D eigenvalue weighted by atomic mass is 32.2. The summed E-state index contributed by atoms with van der Waals surface area (Å²) >= 11 is 0. The molecule has 228 valence electrons. The van der Waals surface area contributed by atoms with Gasteiger partial charge in [-0.2, -0.15) is 0 Å². The zero-order valence-corrected chi connectivity index (χ0v) is 26.2. The molecule has 0 aliphatic heterocycles. The molecular weight excluding hydrogens is 550 g/mol. The molecule has 4 fully saturated rings. The largest absolute Gasteiger partial charge is 0.497 e. The standard InChI is InChI=1S/C33H45N3O5S/c1-5-14-34-32(38)23(2)35(21-24-6-12-30(41-3)13-7-24)31(37)22-36(42(4,39)40)29-10-8-28(9-11-29)33-18-25-15-26(19-33)17-27(16-25)20-33/h6-13,23,25-27H,5,14-22H2,1-4H3,(H,34,38)/t23-,25?,26?,27?,33?/m0/s1. The van der Waals surface area contributed by atoms with Gasteiger partial charge in [0.15, 0.2) is 0 Å². The second-order valence-corrected chi connectivity index (χ2v) is 14.8. The van der Waals surface area contributed by atoms with E-state index >= 15 is 0 Å². The summed E-state index contributed by atoms with van der Waals surface area (Å²) in [6.07, 6.45) is 9.67. The summed E-state index contributed by atoms with van der Waals surface area (Å²) in [5, 5.41) is 2.86. The second kappa shape index (κ2) is 12.3. The van der Waals surface area contributed by atoms with Gasteiger partial charge in [0.25, 0.3) is 0 Å². The van der Waals surface area contributed by atoms with Gasteiger partial charge in [-0.25, -0.2) is 8.42 Å². The fourth-order valence-corrected chi connectivity index (χ4v) is 8.81. The molecule has 0 radical (unpaired) electrons. The lowest BCUT2D eigenvalue weighted by Crippen LogP contribution is -2.51. The predicted molar refractivity (Wildman–Crippen MR) is 165 cm³/mol. The molecule has 4 aliphatic carbocycles. The van der Waals surface area contributed by atoms with Crippen molar-refractivity contribution >= 4 is 27.5 Å². The van der Waals surface area contributed by atoms with Crippen molar-refractivity contribution in [3.05, 3.63) is 59.7 Å². The topological polar surface area (TPSA) is 96.0 Å². The number of sulfonamides is 1. The molecule has 2 aromatic carbocycles. The van der Waals surface area contributed by atoms with Crippen molar-refractivity contribution in [3.8, 4) is 5.75 Å². The molecule has 2 amide bonds. The van der Waals surface area contributed by atoms with Crippen LogP contribution in [-0.4, -0.2) is 57.6 Å². The Morgan fingerprint density at radius 2 is 1.55 bits per heavy atom. The lowest BCUT2D eigenvalue weighted by molar-refractivity contribution is -0.139. The molecule has 2 aromatic rings. The SMILES string of the molecule is CCCNC(=O)[C@H](C)N(Cc1ccc(OC)cc1)C(=O)CN(c1ccc(C23CC4CC(CC(C4)C2)C3)cc1)S(C)(=O)=O. The number of benzene rings is 2. The third-order valence-corrected chi connectivity index (χ3v) is 10.9. The van der Waals surface area contributed by atoms with Crippen LogP contribution in [0.2, 0.25) is 0 Å². The van der Waals surface area contributed by atoms with E-state index in [9.17, 15) is 18.0 Å². The van der Waals surface area contributed by atoms with Crippen LogP contribution in [0, 0.1) is 17.8 Å². The fourth-order valence-electron chi connectivity index (χ4n) is 7.97. The maximum Gasteiger partial charge on any atom is 0.244 e. The molecule has 4 bridgehead atoms. The molecule has 4 aliphatic rings. The van der Waals surface area contributed by atoms with E-state index in [4.69, 9.17) is 4.74 Å². The van der Waals surface area contributed by atoms with E-state index < -0.39 is 28.5 Å². The fraction of sp³-hybridized carbons (Fsp3) is 0.576. The number of methoxy groups -OCH3 is 1. The van der Waals surface area contributed by atoms with Crippen molar-refractivity contribution < 1.29 is 22.7 Å². The van der Waals surface area contributed by atoms with Crippen LogP contribution in [0.3, 0.4) is 0 Å². The molecule has 1 N–H and O–H groups in total. The van der Waals surface area contributed by atoms with E-state index in [-0.39, 0.29) is 17.9 Å². The Labute approximate surface area is 250 Å². The van der Waals surface area contributed by atoms with Crippen molar-refractivity contribution in [2.45, 2.75) is 76.8 Å². The summed E-state index contributed by atoms with van der Waals surface area (Å²) in [4.78, 5) is 28.2. The van der Waals surface area contributed by atoms with Gasteiger partial charge in [0.2, 0.25) is 21.8 Å². The Balaban J connectivity index is 1.37. The maximum atomic E-state index is 13.8. The first-order chi connectivity index (χ1) is 20.0. The van der Waals surface area contributed by atoms with E-state index in [1.54, 1.807) is 26.2 Å². The Bertz CT molecular complexity index is 1340. The number of ether oxygens (including phenoxy) is 1. The van der Waals surface area contributed by atoms with E-state index in [0.29, 0.717) is 18.0 Å². The van der Waals surface area contributed by atoms with Crippen LogP contribution < -0.4 is 14.4 Å². The number of carbonyl (C=O) groups is 2. The van der Waals surface area contributed by atoms with Crippen LogP contribution >= 0.6 is 0 Å². The normalized spacial score (nSPS) is 25.1. The summed E-state index contributed by atoms with van der Waals surface area (Å²) < 4.78 is 32.5. The highest BCUT2D eigenvalue weighted by Crippen LogP contribution is 2.60. The van der Waals surface area contributed by atoms with Crippen LogP contribution in [0.1, 0.15) is 69.9 Å². The van der Waals surface area contributed by atoms with E-state index in [0.717, 1.165) is 40.3 Å². The van der Waals surface area contributed by atoms with Gasteiger partial charge in [-0.3, -0.25) is 13.9 Å². The summed E-state index contributed by atoms with van der Waals surface area (Å²) in [7, 11) is -2.19. The number of rotatable bonds is 12. The summed E-state index contributed by atoms with van der Waals surface area (Å²) in [6, 6.07) is 14.4. The third kappa shape index (κ3) is 6.46. The van der Waals surface area contributed by atoms with E-state index in [1.807, 2.05) is 31.2 Å². The van der Waals surface area contributed by atoms with Crippen molar-refractivity contribution in [3.63, 3.8) is 0 Å².